The lowest BCUT2D eigenvalue weighted by molar-refractivity contribution is 0.319. The molecular weight excluding hydrogens is 138 g/mol. The summed E-state index contributed by atoms with van der Waals surface area (Å²) in [5.41, 5.74) is 0.397. The molecular formula is C9H17NO. The van der Waals surface area contributed by atoms with Gasteiger partial charge >= 0.3 is 0 Å². The summed E-state index contributed by atoms with van der Waals surface area (Å²) in [5.74, 6) is 0.958. The van der Waals surface area contributed by atoms with E-state index in [0.717, 1.165) is 31.9 Å². The summed E-state index contributed by atoms with van der Waals surface area (Å²) < 4.78 is 5.30. The van der Waals surface area contributed by atoms with Gasteiger partial charge in [0.25, 0.3) is 0 Å². The molecule has 11 heavy (non-hydrogen) atoms. The Morgan fingerprint density at radius 3 is 2.64 bits per heavy atom. The van der Waals surface area contributed by atoms with E-state index < -0.39 is 0 Å². The van der Waals surface area contributed by atoms with Gasteiger partial charge in [0.05, 0.1) is 6.54 Å². The van der Waals surface area contributed by atoms with Crippen molar-refractivity contribution in [2.24, 2.45) is 10.4 Å². The highest BCUT2D eigenvalue weighted by atomic mass is 16.5. The third kappa shape index (κ3) is 3.40. The molecule has 1 aliphatic rings. The Kier molecular flexibility index (Phi) is 2.53. The minimum absolute atomic E-state index is 0.397. The molecule has 1 rings (SSSR count). The van der Waals surface area contributed by atoms with Gasteiger partial charge in [0.15, 0.2) is 5.90 Å². The van der Waals surface area contributed by atoms with Gasteiger partial charge in [0.1, 0.15) is 6.61 Å². The first-order valence-electron chi connectivity index (χ1n) is 4.24. The molecule has 0 aromatic carbocycles. The largest absolute Gasteiger partial charge is 0.479 e. The Labute approximate surface area is 68.7 Å². The van der Waals surface area contributed by atoms with Crippen LogP contribution in [0.1, 0.15) is 33.6 Å². The average Bonchev–Trinajstić information content (AvgIpc) is 2.32. The van der Waals surface area contributed by atoms with Crippen LogP contribution in [0.25, 0.3) is 0 Å². The molecule has 0 aromatic rings. The molecule has 2 heteroatoms. The van der Waals surface area contributed by atoms with Gasteiger partial charge in [-0.1, -0.05) is 20.8 Å². The van der Waals surface area contributed by atoms with E-state index in [1.807, 2.05) is 0 Å². The van der Waals surface area contributed by atoms with Crippen LogP contribution in [0.3, 0.4) is 0 Å². The van der Waals surface area contributed by atoms with Crippen LogP contribution in [-0.2, 0) is 4.74 Å². The molecule has 0 saturated carbocycles. The summed E-state index contributed by atoms with van der Waals surface area (Å²) in [5, 5.41) is 0. The van der Waals surface area contributed by atoms with E-state index in [1.54, 1.807) is 0 Å². The third-order valence-electron chi connectivity index (χ3n) is 1.74. The van der Waals surface area contributed by atoms with Crippen LogP contribution in [0.15, 0.2) is 4.99 Å². The summed E-state index contributed by atoms with van der Waals surface area (Å²) in [7, 11) is 0. The van der Waals surface area contributed by atoms with E-state index in [4.69, 9.17) is 4.74 Å². The molecule has 0 saturated heterocycles. The molecule has 0 amide bonds. The first kappa shape index (κ1) is 8.57. The molecule has 2 nitrogen and oxygen atoms in total. The Balaban J connectivity index is 2.22. The van der Waals surface area contributed by atoms with E-state index >= 15 is 0 Å². The lowest BCUT2D eigenvalue weighted by atomic mass is 9.91. The maximum atomic E-state index is 5.30. The number of hydrogen-bond donors (Lipinski definition) is 0. The number of nitrogens with zero attached hydrogens (tertiary/aromatic N) is 1. The van der Waals surface area contributed by atoms with E-state index in [-0.39, 0.29) is 0 Å². The molecule has 0 unspecified atom stereocenters. The van der Waals surface area contributed by atoms with Gasteiger partial charge in [-0.2, -0.15) is 0 Å². The highest BCUT2D eigenvalue weighted by Gasteiger charge is 2.14. The zero-order valence-corrected chi connectivity index (χ0v) is 7.68. The summed E-state index contributed by atoms with van der Waals surface area (Å²) in [6, 6.07) is 0. The lowest BCUT2D eigenvalue weighted by Crippen LogP contribution is -2.09. The lowest BCUT2D eigenvalue weighted by Gasteiger charge is -2.17. The molecule has 64 valence electrons. The quantitative estimate of drug-likeness (QED) is 0.599. The normalized spacial score (nSPS) is 17.9. The van der Waals surface area contributed by atoms with Crippen LogP contribution >= 0.6 is 0 Å². The maximum Gasteiger partial charge on any atom is 0.183 e. The number of hydrogen-bond acceptors (Lipinski definition) is 2. The second kappa shape index (κ2) is 3.24. The molecule has 0 atom stereocenters. The molecule has 0 fully saturated rings. The summed E-state index contributed by atoms with van der Waals surface area (Å²) in [6.07, 6.45) is 2.16. The first-order chi connectivity index (χ1) is 5.08. The van der Waals surface area contributed by atoms with Crippen molar-refractivity contribution in [2.75, 3.05) is 13.2 Å². The fraction of sp³-hybridized carbons (Fsp3) is 0.889. The second-order valence-corrected chi connectivity index (χ2v) is 4.18. The van der Waals surface area contributed by atoms with Crippen LogP contribution < -0.4 is 0 Å². The Bertz CT molecular complexity index is 155. The molecule has 0 spiro atoms. The van der Waals surface area contributed by atoms with Crippen molar-refractivity contribution in [1.82, 2.24) is 0 Å². The standard InChI is InChI=1S/C9H17NO/c1-9(2,3)5-4-8-10-6-7-11-8/h4-7H2,1-3H3. The van der Waals surface area contributed by atoms with Crippen molar-refractivity contribution < 1.29 is 4.74 Å². The van der Waals surface area contributed by atoms with E-state index in [0.29, 0.717) is 5.41 Å². The van der Waals surface area contributed by atoms with Crippen LogP contribution in [0.5, 0.6) is 0 Å². The van der Waals surface area contributed by atoms with Gasteiger partial charge in [-0.25, -0.2) is 0 Å². The van der Waals surface area contributed by atoms with Crippen LogP contribution in [0.4, 0.5) is 0 Å². The van der Waals surface area contributed by atoms with Crippen molar-refractivity contribution in [1.29, 1.82) is 0 Å². The molecule has 1 heterocycles. The minimum atomic E-state index is 0.397. The van der Waals surface area contributed by atoms with Gasteiger partial charge < -0.3 is 4.74 Å². The van der Waals surface area contributed by atoms with Gasteiger partial charge in [0, 0.05) is 6.42 Å². The van der Waals surface area contributed by atoms with Crippen molar-refractivity contribution in [3.63, 3.8) is 0 Å². The highest BCUT2D eigenvalue weighted by Crippen LogP contribution is 2.21. The van der Waals surface area contributed by atoms with Gasteiger partial charge in [-0.15, -0.1) is 0 Å². The molecule has 0 aromatic heterocycles. The molecule has 0 N–H and O–H groups in total. The second-order valence-electron chi connectivity index (χ2n) is 4.18. The minimum Gasteiger partial charge on any atom is -0.479 e. The Hall–Kier alpha value is -0.530. The molecule has 0 radical (unpaired) electrons. The molecule has 0 aliphatic carbocycles. The zero-order valence-electron chi connectivity index (χ0n) is 7.68. The molecule has 1 aliphatic heterocycles. The topological polar surface area (TPSA) is 21.6 Å². The van der Waals surface area contributed by atoms with Crippen molar-refractivity contribution in [2.45, 2.75) is 33.6 Å². The van der Waals surface area contributed by atoms with E-state index in [1.165, 1.54) is 0 Å². The van der Waals surface area contributed by atoms with Crippen molar-refractivity contribution in [3.05, 3.63) is 0 Å². The van der Waals surface area contributed by atoms with Gasteiger partial charge in [-0.05, 0) is 11.8 Å². The highest BCUT2D eigenvalue weighted by molar-refractivity contribution is 5.77. The first-order valence-corrected chi connectivity index (χ1v) is 4.24. The Morgan fingerprint density at radius 1 is 1.45 bits per heavy atom. The monoisotopic (exact) mass is 155 g/mol. The van der Waals surface area contributed by atoms with Crippen LogP contribution in [0.2, 0.25) is 0 Å². The number of rotatable bonds is 2. The summed E-state index contributed by atoms with van der Waals surface area (Å²) in [6.45, 7) is 8.37. The van der Waals surface area contributed by atoms with E-state index in [2.05, 4.69) is 25.8 Å². The average molecular weight is 155 g/mol. The van der Waals surface area contributed by atoms with Crippen molar-refractivity contribution in [3.8, 4) is 0 Å². The zero-order chi connectivity index (χ0) is 8.32. The maximum absolute atomic E-state index is 5.30. The summed E-state index contributed by atoms with van der Waals surface area (Å²) >= 11 is 0. The van der Waals surface area contributed by atoms with Gasteiger partial charge in [-0.3, -0.25) is 4.99 Å². The van der Waals surface area contributed by atoms with Crippen LogP contribution in [0, 0.1) is 5.41 Å². The third-order valence-corrected chi connectivity index (χ3v) is 1.74. The van der Waals surface area contributed by atoms with Crippen LogP contribution in [-0.4, -0.2) is 19.0 Å². The fourth-order valence-corrected chi connectivity index (χ4v) is 1.01. The predicted octanol–water partition coefficient (Wildman–Crippen LogP) is 2.24. The van der Waals surface area contributed by atoms with E-state index in [9.17, 15) is 0 Å². The summed E-state index contributed by atoms with van der Waals surface area (Å²) in [4.78, 5) is 4.23. The van der Waals surface area contributed by atoms with Crippen molar-refractivity contribution >= 4 is 5.90 Å². The smallest absolute Gasteiger partial charge is 0.183 e. The molecule has 0 bridgehead atoms. The Morgan fingerprint density at radius 2 is 2.18 bits per heavy atom. The number of aliphatic imine (C=N–C) groups is 1. The van der Waals surface area contributed by atoms with Gasteiger partial charge in [0.2, 0.25) is 0 Å². The number of ether oxygens (including phenoxy) is 1. The fourth-order valence-electron chi connectivity index (χ4n) is 1.01. The predicted molar refractivity (Wildman–Crippen MR) is 46.9 cm³/mol. The SMILES string of the molecule is CC(C)(C)CCC1=NCCO1.